The molecule has 0 aliphatic carbocycles. The Morgan fingerprint density at radius 3 is 2.85 bits per heavy atom. The van der Waals surface area contributed by atoms with E-state index in [-0.39, 0.29) is 0 Å². The molecular weight excluding hydrogens is 292 g/mol. The second kappa shape index (κ2) is 4.33. The average molecular weight is 303 g/mol. The van der Waals surface area contributed by atoms with Crippen LogP contribution in [0.25, 0.3) is 11.0 Å². The number of fused-ring (bicyclic) bond motifs is 2. The van der Waals surface area contributed by atoms with E-state index in [0.29, 0.717) is 5.02 Å². The maximum atomic E-state index is 6.38. The van der Waals surface area contributed by atoms with Crippen LogP contribution < -0.4 is 10.6 Å². The second-order valence-corrected chi connectivity index (χ2v) is 5.85. The van der Waals surface area contributed by atoms with Gasteiger partial charge in [-0.1, -0.05) is 17.7 Å². The molecule has 0 amide bonds. The van der Waals surface area contributed by atoms with Crippen molar-refractivity contribution in [2.45, 2.75) is 13.1 Å². The summed E-state index contributed by atoms with van der Waals surface area (Å²) in [7, 11) is 0. The summed E-state index contributed by atoms with van der Waals surface area (Å²) in [5.74, 6) is 0. The molecule has 4 rings (SSSR count). The molecule has 1 aliphatic rings. The van der Waals surface area contributed by atoms with Gasteiger partial charge in [0.2, 0.25) is 0 Å². The first-order valence-corrected chi connectivity index (χ1v) is 7.36. The van der Waals surface area contributed by atoms with Gasteiger partial charge in [-0.05, 0) is 35.4 Å². The lowest BCUT2D eigenvalue weighted by molar-refractivity contribution is 0.884. The molecule has 2 heterocycles. The van der Waals surface area contributed by atoms with Gasteiger partial charge in [0, 0.05) is 18.8 Å². The molecule has 1 aromatic heterocycles. The summed E-state index contributed by atoms with van der Waals surface area (Å²) in [5, 5.41) is 0.714. The third-order valence-electron chi connectivity index (χ3n) is 3.62. The Hall–Kier alpha value is -1.85. The Labute approximate surface area is 125 Å². The van der Waals surface area contributed by atoms with E-state index < -0.39 is 0 Å². The molecule has 2 aromatic carbocycles. The topological polar surface area (TPSA) is 55.0 Å². The van der Waals surface area contributed by atoms with E-state index in [1.54, 1.807) is 0 Å². The normalized spacial score (nSPS) is 13.9. The second-order valence-electron chi connectivity index (χ2n) is 4.91. The molecule has 6 heteroatoms. The van der Waals surface area contributed by atoms with Crippen molar-refractivity contribution >= 4 is 45.7 Å². The van der Waals surface area contributed by atoms with Gasteiger partial charge >= 0.3 is 0 Å². The number of anilines is 2. The smallest absolute Gasteiger partial charge is 0.129 e. The van der Waals surface area contributed by atoms with Crippen LogP contribution in [0.4, 0.5) is 11.4 Å². The Morgan fingerprint density at radius 2 is 1.95 bits per heavy atom. The summed E-state index contributed by atoms with van der Waals surface area (Å²) in [6.07, 6.45) is 0. The molecular formula is C14H11ClN4S. The van der Waals surface area contributed by atoms with Crippen LogP contribution in [0.1, 0.15) is 11.1 Å². The quantitative estimate of drug-likeness (QED) is 0.700. The highest BCUT2D eigenvalue weighted by molar-refractivity contribution is 7.00. The SMILES string of the molecule is Nc1ccc2c(c1)CN(c1c(Cl)ccc3nsnc13)C2. The van der Waals surface area contributed by atoms with E-state index in [4.69, 9.17) is 17.3 Å². The molecule has 1 aliphatic heterocycles. The van der Waals surface area contributed by atoms with Crippen LogP contribution >= 0.6 is 23.3 Å². The number of nitrogens with zero attached hydrogens (tertiary/aromatic N) is 3. The van der Waals surface area contributed by atoms with Crippen molar-refractivity contribution < 1.29 is 0 Å². The molecule has 20 heavy (non-hydrogen) atoms. The maximum absolute atomic E-state index is 6.38. The van der Waals surface area contributed by atoms with Crippen molar-refractivity contribution in [3.05, 3.63) is 46.5 Å². The summed E-state index contributed by atoms with van der Waals surface area (Å²) in [4.78, 5) is 2.23. The van der Waals surface area contributed by atoms with Crippen molar-refractivity contribution in [1.29, 1.82) is 0 Å². The zero-order valence-corrected chi connectivity index (χ0v) is 12.1. The lowest BCUT2D eigenvalue weighted by atomic mass is 10.1. The predicted molar refractivity (Wildman–Crippen MR) is 83.2 cm³/mol. The molecule has 0 saturated carbocycles. The van der Waals surface area contributed by atoms with Crippen LogP contribution in [0.2, 0.25) is 5.02 Å². The predicted octanol–water partition coefficient (Wildman–Crippen LogP) is 3.45. The lowest BCUT2D eigenvalue weighted by Crippen LogP contribution is -2.15. The van der Waals surface area contributed by atoms with Crippen molar-refractivity contribution in [2.24, 2.45) is 0 Å². The van der Waals surface area contributed by atoms with Gasteiger partial charge < -0.3 is 10.6 Å². The van der Waals surface area contributed by atoms with Gasteiger partial charge in [0.25, 0.3) is 0 Å². The largest absolute Gasteiger partial charge is 0.399 e. The van der Waals surface area contributed by atoms with E-state index >= 15 is 0 Å². The zero-order valence-electron chi connectivity index (χ0n) is 10.5. The van der Waals surface area contributed by atoms with Gasteiger partial charge in [-0.3, -0.25) is 0 Å². The first-order chi connectivity index (χ1) is 9.72. The highest BCUT2D eigenvalue weighted by Crippen LogP contribution is 2.38. The monoisotopic (exact) mass is 302 g/mol. The molecule has 0 fully saturated rings. The fourth-order valence-electron chi connectivity index (χ4n) is 2.69. The first kappa shape index (κ1) is 11.9. The van der Waals surface area contributed by atoms with E-state index in [2.05, 4.69) is 19.7 Å². The van der Waals surface area contributed by atoms with E-state index in [1.165, 1.54) is 22.9 Å². The van der Waals surface area contributed by atoms with Crippen molar-refractivity contribution in [1.82, 2.24) is 8.75 Å². The fraction of sp³-hybridized carbons (Fsp3) is 0.143. The minimum absolute atomic E-state index is 0.714. The average Bonchev–Trinajstić information content (AvgIpc) is 3.03. The summed E-state index contributed by atoms with van der Waals surface area (Å²) < 4.78 is 8.66. The van der Waals surface area contributed by atoms with Crippen LogP contribution in [0.5, 0.6) is 0 Å². The number of nitrogens with two attached hydrogens (primary N) is 1. The maximum Gasteiger partial charge on any atom is 0.129 e. The zero-order chi connectivity index (χ0) is 13.7. The highest BCUT2D eigenvalue weighted by Gasteiger charge is 2.24. The first-order valence-electron chi connectivity index (χ1n) is 6.25. The summed E-state index contributed by atoms with van der Waals surface area (Å²) in [6, 6.07) is 9.85. The number of rotatable bonds is 1. The van der Waals surface area contributed by atoms with Crippen molar-refractivity contribution in [2.75, 3.05) is 10.6 Å². The van der Waals surface area contributed by atoms with E-state index in [1.807, 2.05) is 24.3 Å². The Kier molecular flexibility index (Phi) is 2.58. The Balaban J connectivity index is 1.82. The van der Waals surface area contributed by atoms with Crippen molar-refractivity contribution in [3.63, 3.8) is 0 Å². The molecule has 4 nitrogen and oxygen atoms in total. The van der Waals surface area contributed by atoms with Crippen LogP contribution in [0, 0.1) is 0 Å². The fourth-order valence-corrected chi connectivity index (χ4v) is 3.50. The number of benzene rings is 2. The number of halogens is 1. The van der Waals surface area contributed by atoms with Gasteiger partial charge in [0.1, 0.15) is 11.0 Å². The van der Waals surface area contributed by atoms with E-state index in [9.17, 15) is 0 Å². The van der Waals surface area contributed by atoms with Crippen LogP contribution in [0.3, 0.4) is 0 Å². The van der Waals surface area contributed by atoms with Crippen molar-refractivity contribution in [3.8, 4) is 0 Å². The van der Waals surface area contributed by atoms with E-state index in [0.717, 1.165) is 35.5 Å². The Morgan fingerprint density at radius 1 is 1.10 bits per heavy atom. The number of nitrogen functional groups attached to an aromatic ring is 1. The van der Waals surface area contributed by atoms with Gasteiger partial charge in [-0.2, -0.15) is 8.75 Å². The molecule has 100 valence electrons. The molecule has 3 aromatic rings. The number of hydrogen-bond acceptors (Lipinski definition) is 5. The third-order valence-corrected chi connectivity index (χ3v) is 4.47. The summed E-state index contributed by atoms with van der Waals surface area (Å²) in [6.45, 7) is 1.63. The minimum Gasteiger partial charge on any atom is -0.399 e. The van der Waals surface area contributed by atoms with Gasteiger partial charge in [0.05, 0.1) is 22.4 Å². The molecule has 0 radical (unpaired) electrons. The molecule has 2 N–H and O–H groups in total. The molecule has 0 saturated heterocycles. The van der Waals surface area contributed by atoms with Crippen LogP contribution in [-0.4, -0.2) is 8.75 Å². The van der Waals surface area contributed by atoms with Crippen LogP contribution in [-0.2, 0) is 13.1 Å². The molecule has 0 atom stereocenters. The van der Waals surface area contributed by atoms with Crippen LogP contribution in [0.15, 0.2) is 30.3 Å². The van der Waals surface area contributed by atoms with Gasteiger partial charge in [-0.25, -0.2) is 0 Å². The number of hydrogen-bond donors (Lipinski definition) is 1. The summed E-state index contributed by atoms with van der Waals surface area (Å²) >= 11 is 7.60. The minimum atomic E-state index is 0.714. The third kappa shape index (κ3) is 1.74. The van der Waals surface area contributed by atoms with Gasteiger partial charge in [-0.15, -0.1) is 0 Å². The Bertz CT molecular complexity index is 814. The lowest BCUT2D eigenvalue weighted by Gasteiger charge is -2.19. The molecule has 0 bridgehead atoms. The van der Waals surface area contributed by atoms with Gasteiger partial charge in [0.15, 0.2) is 0 Å². The standard InChI is InChI=1S/C14H11ClN4S/c15-11-3-4-12-13(18-20-17-12)14(11)19-6-8-1-2-10(16)5-9(8)7-19/h1-5H,6-7,16H2. The highest BCUT2D eigenvalue weighted by atomic mass is 35.5. The number of aromatic nitrogens is 2. The summed E-state index contributed by atoms with van der Waals surface area (Å²) in [5.41, 5.74) is 11.9. The molecule has 0 spiro atoms. The molecule has 0 unspecified atom stereocenters.